The second-order valence-corrected chi connectivity index (χ2v) is 3.73. The molecule has 0 bridgehead atoms. The Morgan fingerprint density at radius 2 is 2.18 bits per heavy atom. The van der Waals surface area contributed by atoms with Crippen molar-refractivity contribution in [2.45, 2.75) is 18.9 Å². The summed E-state index contributed by atoms with van der Waals surface area (Å²) >= 11 is 0. The number of nitrogens with two attached hydrogens (primary N) is 1. The summed E-state index contributed by atoms with van der Waals surface area (Å²) in [5.41, 5.74) is 5.55. The zero-order valence-electron chi connectivity index (χ0n) is 9.43. The number of hydrazine groups is 1. The lowest BCUT2D eigenvalue weighted by atomic mass is 10.0. The van der Waals surface area contributed by atoms with Gasteiger partial charge in [0.1, 0.15) is 0 Å². The summed E-state index contributed by atoms with van der Waals surface area (Å²) in [5, 5.41) is 0. The Labute approximate surface area is 100 Å². The molecule has 1 heterocycles. The van der Waals surface area contributed by atoms with Gasteiger partial charge in [-0.05, 0) is 18.1 Å². The predicted molar refractivity (Wildman–Crippen MR) is 67.7 cm³/mol. The number of fused-ring (bicyclic) bond motifs is 1. The molecule has 0 fully saturated rings. The van der Waals surface area contributed by atoms with E-state index < -0.39 is 0 Å². The van der Waals surface area contributed by atoms with Crippen LogP contribution in [0.1, 0.15) is 24.4 Å². The molecule has 0 aliphatic carbocycles. The smallest absolute Gasteiger partial charge is 0.0935 e. The molecule has 4 nitrogen and oxygen atoms in total. The van der Waals surface area contributed by atoms with Crippen LogP contribution in [0.25, 0.3) is 11.0 Å². The molecule has 0 amide bonds. The number of terminal acetylenes is 1. The van der Waals surface area contributed by atoms with Gasteiger partial charge in [-0.1, -0.05) is 12.1 Å². The highest BCUT2D eigenvalue weighted by atomic mass is 15.2. The third-order valence-corrected chi connectivity index (χ3v) is 2.68. The van der Waals surface area contributed by atoms with E-state index in [1.807, 2.05) is 18.2 Å². The Hall–Kier alpha value is -1.96. The van der Waals surface area contributed by atoms with E-state index in [-0.39, 0.29) is 6.04 Å². The summed E-state index contributed by atoms with van der Waals surface area (Å²) in [6.07, 6.45) is 10.1. The lowest BCUT2D eigenvalue weighted by molar-refractivity contribution is 0.526. The van der Waals surface area contributed by atoms with Crippen LogP contribution in [-0.4, -0.2) is 9.97 Å². The minimum absolute atomic E-state index is 0.00597. The van der Waals surface area contributed by atoms with Gasteiger partial charge in [-0.3, -0.25) is 21.2 Å². The summed E-state index contributed by atoms with van der Waals surface area (Å²) in [7, 11) is 0. The van der Waals surface area contributed by atoms with Crippen LogP contribution in [0.3, 0.4) is 0 Å². The van der Waals surface area contributed by atoms with Crippen LogP contribution < -0.4 is 11.3 Å². The topological polar surface area (TPSA) is 63.8 Å². The second-order valence-electron chi connectivity index (χ2n) is 3.73. The highest BCUT2D eigenvalue weighted by Gasteiger charge is 2.13. The number of aromatic nitrogens is 2. The van der Waals surface area contributed by atoms with Gasteiger partial charge in [0, 0.05) is 24.9 Å². The van der Waals surface area contributed by atoms with Gasteiger partial charge in [-0.25, -0.2) is 0 Å². The fourth-order valence-electron chi connectivity index (χ4n) is 1.85. The SMILES string of the molecule is C#CCCC(NN)c1cccc2nccnc12. The Kier molecular flexibility index (Phi) is 3.66. The first-order chi connectivity index (χ1) is 8.36. The number of hydrogen-bond donors (Lipinski definition) is 2. The molecule has 86 valence electrons. The Morgan fingerprint density at radius 1 is 1.35 bits per heavy atom. The quantitative estimate of drug-likeness (QED) is 0.471. The molecule has 4 heteroatoms. The minimum atomic E-state index is 0.00597. The first-order valence-electron chi connectivity index (χ1n) is 5.46. The average Bonchev–Trinajstić information content (AvgIpc) is 2.40. The summed E-state index contributed by atoms with van der Waals surface area (Å²) in [5.74, 6) is 8.19. The van der Waals surface area contributed by atoms with Gasteiger partial charge in [0.25, 0.3) is 0 Å². The second kappa shape index (κ2) is 5.39. The fourth-order valence-corrected chi connectivity index (χ4v) is 1.85. The highest BCUT2D eigenvalue weighted by molar-refractivity contribution is 5.78. The maximum Gasteiger partial charge on any atom is 0.0935 e. The van der Waals surface area contributed by atoms with Crippen molar-refractivity contribution >= 4 is 11.0 Å². The van der Waals surface area contributed by atoms with Crippen LogP contribution in [0.15, 0.2) is 30.6 Å². The van der Waals surface area contributed by atoms with E-state index in [9.17, 15) is 0 Å². The van der Waals surface area contributed by atoms with Crippen molar-refractivity contribution in [3.05, 3.63) is 36.2 Å². The summed E-state index contributed by atoms with van der Waals surface area (Å²) in [6, 6.07) is 5.89. The van der Waals surface area contributed by atoms with E-state index in [1.165, 1.54) is 0 Å². The molecule has 0 saturated carbocycles. The van der Waals surface area contributed by atoms with Crippen LogP contribution >= 0.6 is 0 Å². The van der Waals surface area contributed by atoms with Gasteiger partial charge < -0.3 is 0 Å². The van der Waals surface area contributed by atoms with E-state index in [0.717, 1.165) is 23.0 Å². The summed E-state index contributed by atoms with van der Waals surface area (Å²) in [6.45, 7) is 0. The molecule has 1 atom stereocenters. The monoisotopic (exact) mass is 226 g/mol. The minimum Gasteiger partial charge on any atom is -0.271 e. The molecule has 2 rings (SSSR count). The molecule has 0 aliphatic rings. The van der Waals surface area contributed by atoms with E-state index in [1.54, 1.807) is 12.4 Å². The first kappa shape index (κ1) is 11.5. The van der Waals surface area contributed by atoms with Gasteiger partial charge in [-0.2, -0.15) is 0 Å². The molecule has 1 aromatic carbocycles. The van der Waals surface area contributed by atoms with Crippen LogP contribution in [0.5, 0.6) is 0 Å². The normalized spacial score (nSPS) is 12.2. The number of hydrogen-bond acceptors (Lipinski definition) is 4. The van der Waals surface area contributed by atoms with Crippen molar-refractivity contribution in [2.75, 3.05) is 0 Å². The van der Waals surface area contributed by atoms with E-state index in [4.69, 9.17) is 12.3 Å². The standard InChI is InChI=1S/C13H14N4/c1-2-3-6-11(17-14)10-5-4-7-12-13(10)16-9-8-15-12/h1,4-5,7-9,11,17H,3,6,14H2. The molecule has 1 unspecified atom stereocenters. The van der Waals surface area contributed by atoms with Crippen molar-refractivity contribution in [2.24, 2.45) is 5.84 Å². The fraction of sp³-hybridized carbons (Fsp3) is 0.231. The van der Waals surface area contributed by atoms with Crippen LogP contribution in [0.4, 0.5) is 0 Å². The van der Waals surface area contributed by atoms with Crippen molar-refractivity contribution in [1.82, 2.24) is 15.4 Å². The zero-order chi connectivity index (χ0) is 12.1. The highest BCUT2D eigenvalue weighted by Crippen LogP contribution is 2.23. The third kappa shape index (κ3) is 2.41. The lowest BCUT2D eigenvalue weighted by Crippen LogP contribution is -2.28. The predicted octanol–water partition coefficient (Wildman–Crippen LogP) is 1.55. The van der Waals surface area contributed by atoms with Crippen molar-refractivity contribution < 1.29 is 0 Å². The van der Waals surface area contributed by atoms with E-state index >= 15 is 0 Å². The Morgan fingerprint density at radius 3 is 2.94 bits per heavy atom. The molecule has 2 aromatic rings. The number of nitrogens with one attached hydrogen (secondary N) is 1. The number of rotatable bonds is 4. The van der Waals surface area contributed by atoms with Gasteiger partial charge >= 0.3 is 0 Å². The van der Waals surface area contributed by atoms with Gasteiger partial charge in [0.05, 0.1) is 11.0 Å². The number of benzene rings is 1. The first-order valence-corrected chi connectivity index (χ1v) is 5.46. The van der Waals surface area contributed by atoms with Crippen molar-refractivity contribution in [3.63, 3.8) is 0 Å². The van der Waals surface area contributed by atoms with Crippen LogP contribution in [0, 0.1) is 12.3 Å². The average molecular weight is 226 g/mol. The maximum atomic E-state index is 5.57. The molecule has 3 N–H and O–H groups in total. The molecular weight excluding hydrogens is 212 g/mol. The summed E-state index contributed by atoms with van der Waals surface area (Å²) in [4.78, 5) is 8.62. The Balaban J connectivity index is 2.43. The largest absolute Gasteiger partial charge is 0.271 e. The van der Waals surface area contributed by atoms with E-state index in [2.05, 4.69) is 21.3 Å². The third-order valence-electron chi connectivity index (χ3n) is 2.68. The Bertz CT molecular complexity index is 539. The molecular formula is C13H14N4. The molecule has 0 radical (unpaired) electrons. The lowest BCUT2D eigenvalue weighted by Gasteiger charge is -2.16. The van der Waals surface area contributed by atoms with Gasteiger partial charge in [-0.15, -0.1) is 12.3 Å². The van der Waals surface area contributed by atoms with Crippen molar-refractivity contribution in [3.8, 4) is 12.3 Å². The van der Waals surface area contributed by atoms with Crippen LogP contribution in [0.2, 0.25) is 0 Å². The molecule has 0 spiro atoms. The van der Waals surface area contributed by atoms with Crippen LogP contribution in [-0.2, 0) is 0 Å². The number of para-hydroxylation sites is 1. The van der Waals surface area contributed by atoms with Gasteiger partial charge in [0.15, 0.2) is 0 Å². The zero-order valence-corrected chi connectivity index (χ0v) is 9.43. The van der Waals surface area contributed by atoms with Gasteiger partial charge in [0.2, 0.25) is 0 Å². The molecule has 1 aromatic heterocycles. The molecule has 17 heavy (non-hydrogen) atoms. The molecule has 0 aliphatic heterocycles. The van der Waals surface area contributed by atoms with E-state index in [0.29, 0.717) is 6.42 Å². The number of nitrogens with zero attached hydrogens (tertiary/aromatic N) is 2. The van der Waals surface area contributed by atoms with Crippen molar-refractivity contribution in [1.29, 1.82) is 0 Å². The summed E-state index contributed by atoms with van der Waals surface area (Å²) < 4.78 is 0. The maximum absolute atomic E-state index is 5.57. The molecule has 0 saturated heterocycles.